The Labute approximate surface area is 170 Å². The van der Waals surface area contributed by atoms with Gasteiger partial charge in [-0.25, -0.2) is 9.07 Å². The van der Waals surface area contributed by atoms with E-state index in [-0.39, 0.29) is 24.8 Å². The van der Waals surface area contributed by atoms with Gasteiger partial charge in [-0.3, -0.25) is 0 Å². The van der Waals surface area contributed by atoms with Gasteiger partial charge in [0.15, 0.2) is 0 Å². The lowest BCUT2D eigenvalue weighted by Crippen LogP contribution is -2.26. The molecule has 0 saturated heterocycles. The molecule has 0 atom stereocenters. The van der Waals surface area contributed by atoms with Gasteiger partial charge in [-0.2, -0.15) is 5.10 Å². The summed E-state index contributed by atoms with van der Waals surface area (Å²) in [6.07, 6.45) is 4.44. The first-order valence-corrected chi connectivity index (χ1v) is 9.37. The molecular weight excluding hydrogens is 392 g/mol. The number of ether oxygens (including phenoxy) is 1. The van der Waals surface area contributed by atoms with Gasteiger partial charge in [0.25, 0.3) is 0 Å². The van der Waals surface area contributed by atoms with Crippen LogP contribution in [0.25, 0.3) is 0 Å². The molecule has 0 radical (unpaired) electrons. The highest BCUT2D eigenvalue weighted by molar-refractivity contribution is 6.30. The van der Waals surface area contributed by atoms with Crippen molar-refractivity contribution in [3.05, 3.63) is 46.4 Å². The minimum atomic E-state index is -0.606. The number of nitrogens with one attached hydrogen (secondary N) is 1. The number of hydrogen-bond donors (Lipinski definition) is 2. The van der Waals surface area contributed by atoms with E-state index in [2.05, 4.69) is 10.4 Å². The van der Waals surface area contributed by atoms with Gasteiger partial charge in [-0.15, -0.1) is 12.4 Å². The number of aryl methyl sites for hydroxylation is 1. The van der Waals surface area contributed by atoms with E-state index < -0.39 is 5.60 Å². The second-order valence-electron chi connectivity index (χ2n) is 6.93. The normalized spacial score (nSPS) is 15.6. The molecule has 8 heteroatoms. The zero-order valence-corrected chi connectivity index (χ0v) is 17.0. The number of nitrogens with zero attached hydrogens (tertiary/aromatic N) is 2. The lowest BCUT2D eigenvalue weighted by molar-refractivity contribution is 0.0326. The first-order chi connectivity index (χ1) is 12.5. The molecule has 2 N–H and O–H groups in total. The summed E-state index contributed by atoms with van der Waals surface area (Å²) in [5.41, 5.74) is 0.633. The Balaban J connectivity index is 0.00000261. The Morgan fingerprint density at radius 3 is 2.78 bits per heavy atom. The molecule has 150 valence electrons. The van der Waals surface area contributed by atoms with E-state index in [4.69, 9.17) is 16.3 Å². The van der Waals surface area contributed by atoms with Crippen molar-refractivity contribution in [3.8, 4) is 5.88 Å². The van der Waals surface area contributed by atoms with Gasteiger partial charge in [0.1, 0.15) is 12.4 Å². The molecule has 3 rings (SSSR count). The van der Waals surface area contributed by atoms with Crippen LogP contribution in [0, 0.1) is 5.82 Å². The molecule has 5 nitrogen and oxygen atoms in total. The van der Waals surface area contributed by atoms with Crippen LogP contribution in [0.2, 0.25) is 5.02 Å². The largest absolute Gasteiger partial charge is 0.473 e. The van der Waals surface area contributed by atoms with E-state index in [9.17, 15) is 9.50 Å². The molecule has 1 aromatic heterocycles. The molecule has 1 aliphatic rings. The predicted octanol–water partition coefficient (Wildman–Crippen LogP) is 4.09. The van der Waals surface area contributed by atoms with E-state index in [1.807, 2.05) is 13.1 Å². The maximum Gasteiger partial charge on any atom is 0.212 e. The third-order valence-corrected chi connectivity index (χ3v) is 5.09. The molecule has 1 aromatic carbocycles. The van der Waals surface area contributed by atoms with Crippen LogP contribution in [0.15, 0.2) is 24.3 Å². The molecule has 0 amide bonds. The van der Waals surface area contributed by atoms with Crippen LogP contribution in [0.3, 0.4) is 0 Å². The Bertz CT molecular complexity index is 749. The van der Waals surface area contributed by atoms with E-state index >= 15 is 0 Å². The summed E-state index contributed by atoms with van der Waals surface area (Å²) in [4.78, 5) is 0. The molecule has 27 heavy (non-hydrogen) atoms. The minimum Gasteiger partial charge on any atom is -0.473 e. The summed E-state index contributed by atoms with van der Waals surface area (Å²) < 4.78 is 21.5. The van der Waals surface area contributed by atoms with Crippen molar-refractivity contribution in [3.63, 3.8) is 0 Å². The minimum absolute atomic E-state index is 0. The van der Waals surface area contributed by atoms with Crippen LogP contribution in [0.1, 0.15) is 43.4 Å². The summed E-state index contributed by atoms with van der Waals surface area (Å²) in [6, 6.07) is 6.25. The Morgan fingerprint density at radius 1 is 1.33 bits per heavy atom. The monoisotopic (exact) mass is 417 g/mol. The first kappa shape index (κ1) is 22.0. The van der Waals surface area contributed by atoms with E-state index in [0.717, 1.165) is 31.4 Å². The second-order valence-corrected chi connectivity index (χ2v) is 7.37. The lowest BCUT2D eigenvalue weighted by atomic mass is 9.98. The predicted molar refractivity (Wildman–Crippen MR) is 106 cm³/mol. The molecule has 2 aromatic rings. The van der Waals surface area contributed by atoms with Crippen molar-refractivity contribution in [2.45, 2.75) is 57.4 Å². The molecule has 0 bridgehead atoms. The molecule has 1 heterocycles. The van der Waals surface area contributed by atoms with Gasteiger partial charge in [0, 0.05) is 29.7 Å². The van der Waals surface area contributed by atoms with E-state index in [1.54, 1.807) is 10.7 Å². The molecule has 0 unspecified atom stereocenters. The van der Waals surface area contributed by atoms with E-state index in [0.29, 0.717) is 36.0 Å². The lowest BCUT2D eigenvalue weighted by Gasteiger charge is -2.22. The van der Waals surface area contributed by atoms with Gasteiger partial charge < -0.3 is 15.2 Å². The van der Waals surface area contributed by atoms with Crippen LogP contribution in [0.5, 0.6) is 5.88 Å². The third-order valence-electron chi connectivity index (χ3n) is 4.86. The zero-order valence-electron chi connectivity index (χ0n) is 15.4. The zero-order chi connectivity index (χ0) is 18.6. The van der Waals surface area contributed by atoms with Crippen molar-refractivity contribution in [2.24, 2.45) is 0 Å². The van der Waals surface area contributed by atoms with Gasteiger partial charge in [0.2, 0.25) is 5.88 Å². The molecule has 1 fully saturated rings. The number of aromatic nitrogens is 2. The first-order valence-electron chi connectivity index (χ1n) is 8.99. The molecule has 0 spiro atoms. The second kappa shape index (κ2) is 9.73. The highest BCUT2D eigenvalue weighted by Crippen LogP contribution is 2.33. The van der Waals surface area contributed by atoms with Crippen LogP contribution >= 0.6 is 24.0 Å². The SMILES string of the molecule is CNCc1cc(OCc2cc(Cl)ccc2F)n(CCC2(O)CCCC2)n1.Cl. The van der Waals surface area contributed by atoms with Gasteiger partial charge in [-0.05, 0) is 44.5 Å². The average Bonchev–Trinajstić information content (AvgIpc) is 3.21. The number of benzene rings is 1. The summed E-state index contributed by atoms with van der Waals surface area (Å²) >= 11 is 5.94. The maximum atomic E-state index is 13.9. The molecule has 1 aliphatic carbocycles. The topological polar surface area (TPSA) is 59.3 Å². The number of rotatable bonds is 8. The highest BCUT2D eigenvalue weighted by atomic mass is 35.5. The number of hydrogen-bond acceptors (Lipinski definition) is 4. The highest BCUT2D eigenvalue weighted by Gasteiger charge is 2.31. The van der Waals surface area contributed by atoms with Crippen LogP contribution in [-0.4, -0.2) is 27.5 Å². The van der Waals surface area contributed by atoms with Crippen LogP contribution < -0.4 is 10.1 Å². The molecule has 1 saturated carbocycles. The quantitative estimate of drug-likeness (QED) is 0.678. The summed E-state index contributed by atoms with van der Waals surface area (Å²) in [5, 5.41) is 18.6. The summed E-state index contributed by atoms with van der Waals surface area (Å²) in [6.45, 7) is 1.24. The van der Waals surface area contributed by atoms with Crippen molar-refractivity contribution in [1.82, 2.24) is 15.1 Å². The summed E-state index contributed by atoms with van der Waals surface area (Å²) in [7, 11) is 1.85. The molecule has 0 aliphatic heterocycles. The Morgan fingerprint density at radius 2 is 2.07 bits per heavy atom. The fourth-order valence-corrected chi connectivity index (χ4v) is 3.59. The van der Waals surface area contributed by atoms with Gasteiger partial charge in [0.05, 0.1) is 11.3 Å². The summed E-state index contributed by atoms with van der Waals surface area (Å²) in [5.74, 6) is 0.215. The van der Waals surface area contributed by atoms with Crippen molar-refractivity contribution in [1.29, 1.82) is 0 Å². The Kier molecular flexibility index (Phi) is 7.91. The van der Waals surface area contributed by atoms with Crippen LogP contribution in [0.4, 0.5) is 4.39 Å². The van der Waals surface area contributed by atoms with Crippen molar-refractivity contribution < 1.29 is 14.2 Å². The Hall–Kier alpha value is -1.34. The maximum absolute atomic E-state index is 13.9. The van der Waals surface area contributed by atoms with Crippen molar-refractivity contribution >= 4 is 24.0 Å². The van der Waals surface area contributed by atoms with E-state index in [1.165, 1.54) is 12.1 Å². The smallest absolute Gasteiger partial charge is 0.212 e. The van der Waals surface area contributed by atoms with Crippen LogP contribution in [-0.2, 0) is 19.7 Å². The standard InChI is InChI=1S/C19H25ClFN3O2.ClH/c1-22-12-16-11-18(26-13-14-10-15(20)4-5-17(14)21)24(23-16)9-8-19(25)6-2-3-7-19;/h4-5,10-11,22,25H,2-3,6-9,12-13H2,1H3;1H. The third kappa shape index (κ3) is 5.82. The molecular formula is C19H26Cl2FN3O2. The fourth-order valence-electron chi connectivity index (χ4n) is 3.40. The van der Waals surface area contributed by atoms with Gasteiger partial charge >= 0.3 is 0 Å². The van der Waals surface area contributed by atoms with Crippen molar-refractivity contribution in [2.75, 3.05) is 7.05 Å². The van der Waals surface area contributed by atoms with Gasteiger partial charge in [-0.1, -0.05) is 24.4 Å². The number of halogens is 3. The fraction of sp³-hybridized carbons (Fsp3) is 0.526. The number of aliphatic hydroxyl groups is 1. The average molecular weight is 418 g/mol.